The summed E-state index contributed by atoms with van der Waals surface area (Å²) in [5, 5.41) is 7.88. The highest BCUT2D eigenvalue weighted by Crippen LogP contribution is 2.27. The van der Waals surface area contributed by atoms with Crippen molar-refractivity contribution in [2.45, 2.75) is 26.8 Å². The molecule has 0 spiro atoms. The molecule has 3 aromatic heterocycles. The van der Waals surface area contributed by atoms with E-state index in [2.05, 4.69) is 20.1 Å². The Morgan fingerprint density at radius 2 is 1.88 bits per heavy atom. The van der Waals surface area contributed by atoms with Gasteiger partial charge in [0.05, 0.1) is 29.2 Å². The summed E-state index contributed by atoms with van der Waals surface area (Å²) in [7, 11) is -3.37. The summed E-state index contributed by atoms with van der Waals surface area (Å²) in [6.45, 7) is 5.54. The van der Waals surface area contributed by atoms with E-state index in [0.29, 0.717) is 39.4 Å². The Morgan fingerprint density at radius 3 is 2.50 bits per heavy atom. The summed E-state index contributed by atoms with van der Waals surface area (Å²) >= 11 is 0. The Bertz CT molecular complexity index is 1360. The van der Waals surface area contributed by atoms with Crippen molar-refractivity contribution in [1.29, 1.82) is 0 Å². The molecule has 1 amide bonds. The van der Waals surface area contributed by atoms with Gasteiger partial charge in [0, 0.05) is 17.4 Å². The van der Waals surface area contributed by atoms with Gasteiger partial charge in [-0.15, -0.1) is 0 Å². The van der Waals surface area contributed by atoms with Gasteiger partial charge in [-0.25, -0.2) is 18.1 Å². The molecule has 32 heavy (non-hydrogen) atoms. The molecule has 1 aromatic carbocycles. The number of fused-ring (bicyclic) bond motifs is 1. The molecule has 3 heterocycles. The van der Waals surface area contributed by atoms with Crippen LogP contribution >= 0.6 is 0 Å². The Balaban J connectivity index is 1.67. The van der Waals surface area contributed by atoms with Crippen LogP contribution in [-0.4, -0.2) is 34.8 Å². The maximum atomic E-state index is 13.2. The fourth-order valence-corrected chi connectivity index (χ4v) is 3.85. The molecule has 0 bridgehead atoms. The SMILES string of the molecule is CCS(=O)(=O)Nc1ccc(NC(=O)c2cc(-c3ccco3)nc3c2cnn3C(C)C)cc1. The lowest BCUT2D eigenvalue weighted by Gasteiger charge is -2.11. The van der Waals surface area contributed by atoms with E-state index < -0.39 is 10.0 Å². The molecule has 0 radical (unpaired) electrons. The minimum Gasteiger partial charge on any atom is -0.463 e. The van der Waals surface area contributed by atoms with Crippen LogP contribution < -0.4 is 10.0 Å². The first-order chi connectivity index (χ1) is 15.3. The molecule has 0 aliphatic heterocycles. The van der Waals surface area contributed by atoms with E-state index in [4.69, 9.17) is 4.42 Å². The maximum Gasteiger partial charge on any atom is 0.256 e. The maximum absolute atomic E-state index is 13.2. The lowest BCUT2D eigenvalue weighted by atomic mass is 10.1. The number of hydrogen-bond acceptors (Lipinski definition) is 6. The number of anilines is 2. The van der Waals surface area contributed by atoms with Gasteiger partial charge >= 0.3 is 0 Å². The second kappa shape index (κ2) is 8.46. The highest BCUT2D eigenvalue weighted by molar-refractivity contribution is 7.92. The van der Waals surface area contributed by atoms with Crippen molar-refractivity contribution in [1.82, 2.24) is 14.8 Å². The van der Waals surface area contributed by atoms with Crippen LogP contribution in [-0.2, 0) is 10.0 Å². The average molecular weight is 454 g/mol. The van der Waals surface area contributed by atoms with Gasteiger partial charge < -0.3 is 9.73 Å². The van der Waals surface area contributed by atoms with Crippen LogP contribution in [0.4, 0.5) is 11.4 Å². The first-order valence-corrected chi connectivity index (χ1v) is 11.8. The number of aromatic nitrogens is 3. The predicted molar refractivity (Wildman–Crippen MR) is 123 cm³/mol. The molecule has 0 unspecified atom stereocenters. The van der Waals surface area contributed by atoms with E-state index in [0.717, 1.165) is 0 Å². The number of nitrogens with one attached hydrogen (secondary N) is 2. The van der Waals surface area contributed by atoms with E-state index in [9.17, 15) is 13.2 Å². The molecule has 2 N–H and O–H groups in total. The van der Waals surface area contributed by atoms with Crippen molar-refractivity contribution in [2.75, 3.05) is 15.8 Å². The highest BCUT2D eigenvalue weighted by atomic mass is 32.2. The monoisotopic (exact) mass is 453 g/mol. The quantitative estimate of drug-likeness (QED) is 0.431. The van der Waals surface area contributed by atoms with Gasteiger partial charge in [-0.3, -0.25) is 9.52 Å². The van der Waals surface area contributed by atoms with Crippen LogP contribution in [0, 0.1) is 0 Å². The van der Waals surface area contributed by atoms with Gasteiger partial charge in [0.1, 0.15) is 5.69 Å². The number of hydrogen-bond donors (Lipinski definition) is 2. The van der Waals surface area contributed by atoms with Crippen LogP contribution in [0.3, 0.4) is 0 Å². The number of pyridine rings is 1. The number of rotatable bonds is 7. The normalized spacial score (nSPS) is 11.8. The molecule has 4 aromatic rings. The van der Waals surface area contributed by atoms with E-state index in [1.165, 1.54) is 0 Å². The molecule has 9 nitrogen and oxygen atoms in total. The molecule has 166 valence electrons. The summed E-state index contributed by atoms with van der Waals surface area (Å²) in [4.78, 5) is 17.8. The Labute approximate surface area is 185 Å². The van der Waals surface area contributed by atoms with Gasteiger partial charge in [0.15, 0.2) is 11.4 Å². The lowest BCUT2D eigenvalue weighted by Crippen LogP contribution is -2.15. The number of amides is 1. The summed E-state index contributed by atoms with van der Waals surface area (Å²) in [6.07, 6.45) is 3.18. The van der Waals surface area contributed by atoms with Gasteiger partial charge in [-0.2, -0.15) is 5.10 Å². The first-order valence-electron chi connectivity index (χ1n) is 10.1. The van der Waals surface area contributed by atoms with Gasteiger partial charge in [0.25, 0.3) is 5.91 Å². The predicted octanol–water partition coefficient (Wildman–Crippen LogP) is 4.29. The first kappa shape index (κ1) is 21.6. The molecular formula is C22H23N5O4S. The lowest BCUT2D eigenvalue weighted by molar-refractivity contribution is 0.102. The van der Waals surface area contributed by atoms with Crippen molar-refractivity contribution in [3.63, 3.8) is 0 Å². The fourth-order valence-electron chi connectivity index (χ4n) is 3.21. The summed E-state index contributed by atoms with van der Waals surface area (Å²) in [5.41, 5.74) is 2.47. The summed E-state index contributed by atoms with van der Waals surface area (Å²) in [5.74, 6) is 0.186. The molecular weight excluding hydrogens is 430 g/mol. The summed E-state index contributed by atoms with van der Waals surface area (Å²) < 4.78 is 33.1. The van der Waals surface area contributed by atoms with Gasteiger partial charge in [-0.05, 0) is 63.2 Å². The average Bonchev–Trinajstić information content (AvgIpc) is 3.44. The molecule has 0 atom stereocenters. The van der Waals surface area contributed by atoms with Gasteiger partial charge in [0.2, 0.25) is 10.0 Å². The zero-order valence-electron chi connectivity index (χ0n) is 17.9. The number of benzene rings is 1. The van der Waals surface area contributed by atoms with E-state index >= 15 is 0 Å². The molecule has 0 aliphatic carbocycles. The van der Waals surface area contributed by atoms with Crippen LogP contribution in [0.25, 0.3) is 22.5 Å². The second-order valence-corrected chi connectivity index (χ2v) is 9.50. The zero-order valence-corrected chi connectivity index (χ0v) is 18.7. The van der Waals surface area contributed by atoms with Crippen LogP contribution in [0.1, 0.15) is 37.2 Å². The number of sulfonamides is 1. The van der Waals surface area contributed by atoms with E-state index in [-0.39, 0.29) is 17.7 Å². The van der Waals surface area contributed by atoms with Crippen molar-refractivity contribution in [3.05, 3.63) is 60.5 Å². The van der Waals surface area contributed by atoms with Crippen molar-refractivity contribution < 1.29 is 17.6 Å². The fraction of sp³-hybridized carbons (Fsp3) is 0.227. The topological polar surface area (TPSA) is 119 Å². The molecule has 4 rings (SSSR count). The Morgan fingerprint density at radius 1 is 1.16 bits per heavy atom. The van der Waals surface area contributed by atoms with E-state index in [1.807, 2.05) is 13.8 Å². The highest BCUT2D eigenvalue weighted by Gasteiger charge is 2.19. The molecule has 10 heteroatoms. The van der Waals surface area contributed by atoms with E-state index in [1.54, 1.807) is 66.5 Å². The summed E-state index contributed by atoms with van der Waals surface area (Å²) in [6, 6.07) is 11.7. The third kappa shape index (κ3) is 4.35. The van der Waals surface area contributed by atoms with Crippen LogP contribution in [0.5, 0.6) is 0 Å². The zero-order chi connectivity index (χ0) is 22.9. The van der Waals surface area contributed by atoms with Crippen LogP contribution in [0.15, 0.2) is 59.3 Å². The third-order valence-electron chi connectivity index (χ3n) is 4.87. The Hall–Kier alpha value is -3.66. The Kier molecular flexibility index (Phi) is 5.70. The number of furan rings is 1. The molecule has 0 aliphatic rings. The smallest absolute Gasteiger partial charge is 0.256 e. The minimum atomic E-state index is -3.37. The second-order valence-electron chi connectivity index (χ2n) is 7.49. The number of carbonyl (C=O) groups is 1. The standard InChI is InChI=1S/C22H23N5O4S/c1-4-32(29,30)26-16-9-7-15(8-10-16)24-22(28)17-12-19(20-6-5-11-31-20)25-21-18(17)13-23-27(21)14(2)3/h5-14,26H,4H2,1-3H3,(H,24,28). The molecule has 0 saturated carbocycles. The molecule has 0 fully saturated rings. The van der Waals surface area contributed by atoms with Crippen molar-refractivity contribution >= 4 is 38.3 Å². The molecule has 0 saturated heterocycles. The van der Waals surface area contributed by atoms with Gasteiger partial charge in [-0.1, -0.05) is 0 Å². The van der Waals surface area contributed by atoms with Crippen molar-refractivity contribution in [2.24, 2.45) is 0 Å². The number of nitrogens with zero attached hydrogens (tertiary/aromatic N) is 3. The largest absolute Gasteiger partial charge is 0.463 e. The minimum absolute atomic E-state index is 0.0222. The number of carbonyl (C=O) groups excluding carboxylic acids is 1. The van der Waals surface area contributed by atoms with Crippen LogP contribution in [0.2, 0.25) is 0 Å². The third-order valence-corrected chi connectivity index (χ3v) is 6.18. The van der Waals surface area contributed by atoms with Crippen molar-refractivity contribution in [3.8, 4) is 11.5 Å².